The van der Waals surface area contributed by atoms with Gasteiger partial charge in [0.2, 0.25) is 10.0 Å². The molecule has 0 aliphatic heterocycles. The topological polar surface area (TPSA) is 107 Å². The Morgan fingerprint density at radius 1 is 1.21 bits per heavy atom. The van der Waals surface area contributed by atoms with Crippen LogP contribution in [-0.4, -0.2) is 64.5 Å². The van der Waals surface area contributed by atoms with Crippen molar-refractivity contribution in [3.63, 3.8) is 0 Å². The van der Waals surface area contributed by atoms with E-state index in [1.807, 2.05) is 0 Å². The van der Waals surface area contributed by atoms with Crippen LogP contribution in [0.5, 0.6) is 0 Å². The summed E-state index contributed by atoms with van der Waals surface area (Å²) in [6.45, 7) is 0.606. The molecule has 0 radical (unpaired) electrons. The zero-order valence-electron chi connectivity index (χ0n) is 15.6. The summed E-state index contributed by atoms with van der Waals surface area (Å²) in [7, 11) is -3.38. The van der Waals surface area contributed by atoms with Crippen LogP contribution in [0.4, 0.5) is 0 Å². The molecule has 156 valence electrons. The van der Waals surface area contributed by atoms with Crippen LogP contribution in [0.25, 0.3) is 11.0 Å². The van der Waals surface area contributed by atoms with Gasteiger partial charge < -0.3 is 15.2 Å². The zero-order chi connectivity index (χ0) is 20.5. The third-order valence-electron chi connectivity index (χ3n) is 5.26. The summed E-state index contributed by atoms with van der Waals surface area (Å²) in [6, 6.07) is 3.45. The lowest BCUT2D eigenvalue weighted by Gasteiger charge is -2.25. The summed E-state index contributed by atoms with van der Waals surface area (Å²) in [5.74, 6) is 0.572. The zero-order valence-corrected chi connectivity index (χ0v) is 17.9. The SMILES string of the molecule is CS(=O)(=O)N(CCCCc1nc2cc(Cl)c(Cl)cc2[nH]1)C[C@H]1CC[C@H](O)[C@@H]1O. The van der Waals surface area contributed by atoms with Gasteiger partial charge >= 0.3 is 0 Å². The molecule has 1 fully saturated rings. The highest BCUT2D eigenvalue weighted by Crippen LogP contribution is 2.28. The molecule has 1 aliphatic carbocycles. The highest BCUT2D eigenvalue weighted by Gasteiger charge is 2.35. The monoisotopic (exact) mass is 449 g/mol. The first-order valence-electron chi connectivity index (χ1n) is 9.30. The second-order valence-electron chi connectivity index (χ2n) is 7.44. The van der Waals surface area contributed by atoms with Gasteiger partial charge in [-0.2, -0.15) is 0 Å². The second-order valence-corrected chi connectivity index (χ2v) is 10.2. The lowest BCUT2D eigenvalue weighted by molar-refractivity contribution is 0.0169. The van der Waals surface area contributed by atoms with Crippen LogP contribution in [0.3, 0.4) is 0 Å². The quantitative estimate of drug-likeness (QED) is 0.536. The van der Waals surface area contributed by atoms with Crippen LogP contribution < -0.4 is 0 Å². The molecule has 1 saturated carbocycles. The Bertz CT molecular complexity index is 895. The number of halogens is 2. The summed E-state index contributed by atoms with van der Waals surface area (Å²) < 4.78 is 25.6. The predicted octanol–water partition coefficient (Wildman–Crippen LogP) is 2.59. The van der Waals surface area contributed by atoms with Gasteiger partial charge in [-0.05, 0) is 37.8 Å². The second kappa shape index (κ2) is 8.85. The van der Waals surface area contributed by atoms with Crippen LogP contribution in [0, 0.1) is 5.92 Å². The molecule has 1 aliphatic rings. The molecule has 1 aromatic heterocycles. The first-order chi connectivity index (χ1) is 13.1. The molecule has 3 atom stereocenters. The number of rotatable bonds is 8. The average Bonchev–Trinajstić information content (AvgIpc) is 3.14. The number of hydrogen-bond acceptors (Lipinski definition) is 5. The number of aryl methyl sites for hydroxylation is 1. The van der Waals surface area contributed by atoms with E-state index in [1.165, 1.54) is 10.6 Å². The Hall–Kier alpha value is -0.900. The molecular formula is C18H25Cl2N3O4S. The van der Waals surface area contributed by atoms with E-state index in [9.17, 15) is 18.6 Å². The van der Waals surface area contributed by atoms with Crippen molar-refractivity contribution < 1.29 is 18.6 Å². The molecular weight excluding hydrogens is 425 g/mol. The molecule has 10 heteroatoms. The number of H-pyrrole nitrogens is 1. The molecule has 3 rings (SSSR count). The number of nitrogens with zero attached hydrogens (tertiary/aromatic N) is 2. The highest BCUT2D eigenvalue weighted by molar-refractivity contribution is 7.88. The predicted molar refractivity (Wildman–Crippen MR) is 110 cm³/mol. The van der Waals surface area contributed by atoms with E-state index in [2.05, 4.69) is 9.97 Å². The summed E-state index contributed by atoms with van der Waals surface area (Å²) >= 11 is 12.0. The number of imidazole rings is 1. The van der Waals surface area contributed by atoms with Crippen molar-refractivity contribution in [3.8, 4) is 0 Å². The number of aromatic amines is 1. The van der Waals surface area contributed by atoms with Gasteiger partial charge in [0.15, 0.2) is 0 Å². The van der Waals surface area contributed by atoms with E-state index in [-0.39, 0.29) is 12.5 Å². The molecule has 1 aromatic carbocycles. The molecule has 3 N–H and O–H groups in total. The number of fused-ring (bicyclic) bond motifs is 1. The molecule has 28 heavy (non-hydrogen) atoms. The van der Waals surface area contributed by atoms with Gasteiger partial charge in [-0.25, -0.2) is 17.7 Å². The summed E-state index contributed by atoms with van der Waals surface area (Å²) in [5, 5.41) is 20.6. The largest absolute Gasteiger partial charge is 0.390 e. The molecule has 2 aromatic rings. The van der Waals surface area contributed by atoms with Gasteiger partial charge in [-0.3, -0.25) is 0 Å². The molecule has 1 heterocycles. The number of benzene rings is 1. The van der Waals surface area contributed by atoms with Gasteiger partial charge in [0.25, 0.3) is 0 Å². The van der Waals surface area contributed by atoms with E-state index < -0.39 is 22.2 Å². The Kier molecular flexibility index (Phi) is 6.89. The minimum Gasteiger partial charge on any atom is -0.390 e. The van der Waals surface area contributed by atoms with Crippen LogP contribution in [-0.2, 0) is 16.4 Å². The van der Waals surface area contributed by atoms with E-state index in [1.54, 1.807) is 12.1 Å². The Morgan fingerprint density at radius 2 is 1.93 bits per heavy atom. The molecule has 0 spiro atoms. The number of aromatic nitrogens is 2. The van der Waals surface area contributed by atoms with Crippen molar-refractivity contribution in [2.75, 3.05) is 19.3 Å². The average molecular weight is 450 g/mol. The maximum atomic E-state index is 12.1. The van der Waals surface area contributed by atoms with Gasteiger partial charge in [0.1, 0.15) is 5.82 Å². The van der Waals surface area contributed by atoms with Crippen molar-refractivity contribution in [2.24, 2.45) is 5.92 Å². The van der Waals surface area contributed by atoms with Crippen molar-refractivity contribution >= 4 is 44.3 Å². The lowest BCUT2D eigenvalue weighted by Crippen LogP contribution is -2.39. The normalized spacial score (nSPS) is 23.1. The van der Waals surface area contributed by atoms with Crippen LogP contribution >= 0.6 is 23.2 Å². The maximum absolute atomic E-state index is 12.1. The molecule has 0 bridgehead atoms. The van der Waals surface area contributed by atoms with Crippen molar-refractivity contribution in [3.05, 3.63) is 28.0 Å². The van der Waals surface area contributed by atoms with Crippen LogP contribution in [0.15, 0.2) is 12.1 Å². The van der Waals surface area contributed by atoms with Crippen LogP contribution in [0.1, 0.15) is 31.5 Å². The Balaban J connectivity index is 1.54. The van der Waals surface area contributed by atoms with Crippen molar-refractivity contribution in [2.45, 2.75) is 44.3 Å². The smallest absolute Gasteiger partial charge is 0.211 e. The summed E-state index contributed by atoms with van der Waals surface area (Å²) in [6.07, 6.45) is 2.77. The fraction of sp³-hybridized carbons (Fsp3) is 0.611. The molecule has 0 amide bonds. The van der Waals surface area contributed by atoms with E-state index in [0.717, 1.165) is 23.3 Å². The molecule has 0 unspecified atom stereocenters. The van der Waals surface area contributed by atoms with E-state index in [4.69, 9.17) is 23.2 Å². The minimum absolute atomic E-state index is 0.227. The molecule has 0 saturated heterocycles. The fourth-order valence-corrected chi connectivity index (χ4v) is 4.90. The summed E-state index contributed by atoms with van der Waals surface area (Å²) in [5.41, 5.74) is 1.56. The third kappa shape index (κ3) is 5.17. The number of hydrogen-bond donors (Lipinski definition) is 3. The van der Waals surface area contributed by atoms with Crippen molar-refractivity contribution in [1.29, 1.82) is 0 Å². The standard InChI is InChI=1S/C18H25Cl2N3O4S/c1-28(26,27)23(10-11-5-6-16(24)18(11)25)7-3-2-4-17-21-14-8-12(19)13(20)9-15(14)22-17/h8-9,11,16,18,24-25H,2-7,10H2,1H3,(H,21,22)/t11-,16+,18-/m1/s1. The summed E-state index contributed by atoms with van der Waals surface area (Å²) in [4.78, 5) is 7.69. The molecule has 7 nitrogen and oxygen atoms in total. The van der Waals surface area contributed by atoms with Crippen LogP contribution in [0.2, 0.25) is 10.0 Å². The lowest BCUT2D eigenvalue weighted by atomic mass is 10.1. The number of aliphatic hydroxyl groups is 2. The van der Waals surface area contributed by atoms with E-state index >= 15 is 0 Å². The first kappa shape index (κ1) is 21.8. The maximum Gasteiger partial charge on any atom is 0.211 e. The third-order valence-corrected chi connectivity index (χ3v) is 7.25. The van der Waals surface area contributed by atoms with Crippen molar-refractivity contribution in [1.82, 2.24) is 14.3 Å². The number of aliphatic hydroxyl groups excluding tert-OH is 2. The Labute approximate surface area is 174 Å². The van der Waals surface area contributed by atoms with Gasteiger partial charge in [0, 0.05) is 25.4 Å². The number of sulfonamides is 1. The highest BCUT2D eigenvalue weighted by atomic mass is 35.5. The van der Waals surface area contributed by atoms with Gasteiger partial charge in [-0.1, -0.05) is 23.2 Å². The Morgan fingerprint density at radius 3 is 2.57 bits per heavy atom. The first-order valence-corrected chi connectivity index (χ1v) is 11.9. The number of nitrogens with one attached hydrogen (secondary N) is 1. The van der Waals surface area contributed by atoms with Gasteiger partial charge in [-0.15, -0.1) is 0 Å². The number of unbranched alkanes of at least 4 members (excludes halogenated alkanes) is 1. The van der Waals surface area contributed by atoms with Gasteiger partial charge in [0.05, 0.1) is 39.5 Å². The fourth-order valence-electron chi connectivity index (χ4n) is 3.65. The minimum atomic E-state index is -3.38. The van der Waals surface area contributed by atoms with E-state index in [0.29, 0.717) is 42.3 Å².